The van der Waals surface area contributed by atoms with E-state index in [9.17, 15) is 17.2 Å². The maximum absolute atomic E-state index is 12.8. The van der Waals surface area contributed by atoms with E-state index in [1.807, 2.05) is 0 Å². The number of aliphatic hydroxyl groups excluding tert-OH is 1. The fraction of sp³-hybridized carbons (Fsp3) is 0.636. The Hall–Kier alpha value is -1.07. The van der Waals surface area contributed by atoms with Gasteiger partial charge < -0.3 is 19.6 Å². The number of ether oxygens (including phenoxy) is 1. The minimum absolute atomic E-state index is 0.283. The van der Waals surface area contributed by atoms with Gasteiger partial charge in [-0.25, -0.2) is 21.9 Å². The number of halogens is 2. The van der Waals surface area contributed by atoms with Crippen molar-refractivity contribution >= 4 is 10.0 Å². The summed E-state index contributed by atoms with van der Waals surface area (Å²) in [7, 11) is -2.63. The highest BCUT2D eigenvalue weighted by molar-refractivity contribution is 7.89. The molecule has 122 valence electrons. The number of rotatable bonds is 10. The van der Waals surface area contributed by atoms with Gasteiger partial charge in [0.1, 0.15) is 12.4 Å². The number of methoxy groups -OCH3 is 1. The second-order valence-electron chi connectivity index (χ2n) is 4.23. The molecule has 0 atom stereocenters. The lowest BCUT2D eigenvalue weighted by Crippen LogP contribution is -2.38. The molecule has 0 radical (unpaired) electrons. The Labute approximate surface area is 121 Å². The lowest BCUT2D eigenvalue weighted by molar-refractivity contribution is -0.0437. The molecule has 0 amide bonds. The predicted octanol–water partition coefficient (Wildman–Crippen LogP) is -0.0785. The first-order chi connectivity index (χ1) is 9.80. The van der Waals surface area contributed by atoms with Crippen LogP contribution in [0.4, 0.5) is 8.78 Å². The average Bonchev–Trinajstić information content (AvgIpc) is 2.91. The van der Waals surface area contributed by atoms with Crippen LogP contribution in [0.5, 0.6) is 0 Å². The molecule has 1 heterocycles. The van der Waals surface area contributed by atoms with Gasteiger partial charge in [0.25, 0.3) is 15.9 Å². The van der Waals surface area contributed by atoms with Crippen molar-refractivity contribution in [1.82, 2.24) is 10.0 Å². The molecule has 7 nitrogen and oxygen atoms in total. The smallest absolute Gasteiger partial charge is 0.283 e. The van der Waals surface area contributed by atoms with Crippen LogP contribution in [0, 0.1) is 0 Å². The maximum Gasteiger partial charge on any atom is 0.283 e. The Morgan fingerprint density at radius 2 is 2.14 bits per heavy atom. The average molecular weight is 328 g/mol. The minimum atomic E-state index is -4.18. The number of sulfonamides is 1. The Kier molecular flexibility index (Phi) is 6.68. The minimum Gasteiger partial charge on any atom is -0.447 e. The zero-order chi connectivity index (χ0) is 15.9. The first-order valence-electron chi connectivity index (χ1n) is 6.07. The van der Waals surface area contributed by atoms with E-state index < -0.39 is 34.2 Å². The molecular weight excluding hydrogens is 310 g/mol. The number of aliphatic hydroxyl groups is 1. The van der Waals surface area contributed by atoms with Gasteiger partial charge in [-0.05, 0) is 12.1 Å². The van der Waals surface area contributed by atoms with Gasteiger partial charge in [-0.3, -0.25) is 0 Å². The quantitative estimate of drug-likeness (QED) is 0.520. The largest absolute Gasteiger partial charge is 0.447 e. The maximum atomic E-state index is 12.8. The molecule has 1 aromatic rings. The summed E-state index contributed by atoms with van der Waals surface area (Å²) in [4.78, 5) is 0. The van der Waals surface area contributed by atoms with E-state index in [1.54, 1.807) is 11.8 Å². The zero-order valence-electron chi connectivity index (χ0n) is 11.4. The highest BCUT2D eigenvalue weighted by atomic mass is 32.2. The summed E-state index contributed by atoms with van der Waals surface area (Å²) in [6.45, 7) is -1.31. The monoisotopic (exact) mass is 328 g/mol. The van der Waals surface area contributed by atoms with E-state index in [1.165, 1.54) is 12.1 Å². The summed E-state index contributed by atoms with van der Waals surface area (Å²) in [6.07, 6.45) is 0. The van der Waals surface area contributed by atoms with Crippen LogP contribution in [-0.2, 0) is 21.3 Å². The zero-order valence-corrected chi connectivity index (χ0v) is 12.3. The Balaban J connectivity index is 2.58. The molecule has 0 unspecified atom stereocenters. The van der Waals surface area contributed by atoms with Crippen LogP contribution in [0.25, 0.3) is 0 Å². The first-order valence-corrected chi connectivity index (χ1v) is 7.56. The molecule has 1 rings (SSSR count). The van der Waals surface area contributed by atoms with Gasteiger partial charge in [-0.1, -0.05) is 0 Å². The van der Waals surface area contributed by atoms with Crippen molar-refractivity contribution in [1.29, 1.82) is 0 Å². The third-order valence-electron chi connectivity index (χ3n) is 2.44. The van der Waals surface area contributed by atoms with Crippen molar-refractivity contribution in [2.24, 2.45) is 0 Å². The molecule has 0 aliphatic rings. The van der Waals surface area contributed by atoms with Crippen LogP contribution in [0.15, 0.2) is 21.6 Å². The van der Waals surface area contributed by atoms with Crippen LogP contribution < -0.4 is 10.0 Å². The topological polar surface area (TPSA) is 101 Å². The number of hydrogen-bond donors (Lipinski definition) is 3. The molecule has 0 aliphatic carbocycles. The predicted molar refractivity (Wildman–Crippen MR) is 69.5 cm³/mol. The van der Waals surface area contributed by atoms with Crippen LogP contribution in [-0.4, -0.2) is 52.9 Å². The van der Waals surface area contributed by atoms with E-state index in [0.717, 1.165) is 0 Å². The molecule has 1 aromatic heterocycles. The highest BCUT2D eigenvalue weighted by Crippen LogP contribution is 2.16. The third kappa shape index (κ3) is 6.06. The summed E-state index contributed by atoms with van der Waals surface area (Å²) in [6, 6.07) is 2.60. The number of hydrogen-bond acceptors (Lipinski definition) is 6. The van der Waals surface area contributed by atoms with E-state index in [0.29, 0.717) is 18.9 Å². The van der Waals surface area contributed by atoms with Gasteiger partial charge in [0.15, 0.2) is 0 Å². The van der Waals surface area contributed by atoms with Gasteiger partial charge in [-0.2, -0.15) is 0 Å². The Morgan fingerprint density at radius 3 is 2.76 bits per heavy atom. The summed E-state index contributed by atoms with van der Waals surface area (Å²) in [5.41, 5.74) is 0. The van der Waals surface area contributed by atoms with Gasteiger partial charge >= 0.3 is 0 Å². The molecule has 0 saturated carbocycles. The van der Waals surface area contributed by atoms with E-state index in [-0.39, 0.29) is 6.54 Å². The SMILES string of the molecule is COCCNCc1ccc(S(=O)(=O)NCC(F)(F)CO)o1. The van der Waals surface area contributed by atoms with Crippen molar-refractivity contribution in [3.63, 3.8) is 0 Å². The third-order valence-corrected chi connectivity index (χ3v) is 3.71. The number of furan rings is 1. The fourth-order valence-electron chi connectivity index (χ4n) is 1.31. The van der Waals surface area contributed by atoms with Gasteiger partial charge in [-0.15, -0.1) is 0 Å². The van der Waals surface area contributed by atoms with Gasteiger partial charge in [0.05, 0.1) is 19.7 Å². The van der Waals surface area contributed by atoms with E-state index >= 15 is 0 Å². The van der Waals surface area contributed by atoms with E-state index in [4.69, 9.17) is 14.3 Å². The molecule has 0 aromatic carbocycles. The van der Waals surface area contributed by atoms with Gasteiger partial charge in [0.2, 0.25) is 5.09 Å². The lowest BCUT2D eigenvalue weighted by atomic mass is 10.4. The summed E-state index contributed by atoms with van der Waals surface area (Å²) >= 11 is 0. The van der Waals surface area contributed by atoms with Crippen LogP contribution in [0.3, 0.4) is 0 Å². The highest BCUT2D eigenvalue weighted by Gasteiger charge is 2.31. The fourth-order valence-corrected chi connectivity index (χ4v) is 2.32. The second-order valence-corrected chi connectivity index (χ2v) is 5.93. The van der Waals surface area contributed by atoms with Crippen LogP contribution >= 0.6 is 0 Å². The molecule has 3 N–H and O–H groups in total. The van der Waals surface area contributed by atoms with Crippen molar-refractivity contribution < 1.29 is 31.5 Å². The standard InChI is InChI=1S/C11H18F2N2O5S/c1-19-5-4-14-6-9-2-3-10(20-9)21(17,18)15-7-11(12,13)8-16/h2-3,14-16H,4-8H2,1H3. The molecule has 10 heteroatoms. The number of nitrogens with one attached hydrogen (secondary N) is 2. The molecule has 0 aliphatic heterocycles. The summed E-state index contributed by atoms with van der Waals surface area (Å²) in [5, 5.41) is 10.9. The second kappa shape index (κ2) is 7.80. The molecule has 21 heavy (non-hydrogen) atoms. The van der Waals surface area contributed by atoms with Crippen molar-refractivity contribution in [2.45, 2.75) is 17.6 Å². The van der Waals surface area contributed by atoms with Crippen LogP contribution in [0.2, 0.25) is 0 Å². The van der Waals surface area contributed by atoms with Crippen molar-refractivity contribution in [2.75, 3.05) is 33.4 Å². The lowest BCUT2D eigenvalue weighted by Gasteiger charge is -2.13. The van der Waals surface area contributed by atoms with Crippen LogP contribution in [0.1, 0.15) is 5.76 Å². The van der Waals surface area contributed by atoms with Gasteiger partial charge in [0, 0.05) is 13.7 Å². The summed E-state index contributed by atoms with van der Waals surface area (Å²) < 4.78 is 60.6. The molecule has 0 saturated heterocycles. The Morgan fingerprint density at radius 1 is 1.43 bits per heavy atom. The normalized spacial score (nSPS) is 12.8. The van der Waals surface area contributed by atoms with Crippen molar-refractivity contribution in [3.8, 4) is 0 Å². The molecular formula is C11H18F2N2O5S. The van der Waals surface area contributed by atoms with E-state index in [2.05, 4.69) is 5.32 Å². The molecule has 0 spiro atoms. The Bertz CT molecular complexity index is 532. The molecule has 0 bridgehead atoms. The number of alkyl halides is 2. The first kappa shape index (κ1) is 18.0. The molecule has 0 fully saturated rings. The summed E-state index contributed by atoms with van der Waals surface area (Å²) in [5.74, 6) is -3.18. The van der Waals surface area contributed by atoms with Crippen molar-refractivity contribution in [3.05, 3.63) is 17.9 Å².